The van der Waals surface area contributed by atoms with Gasteiger partial charge in [-0.3, -0.25) is 4.68 Å². The monoisotopic (exact) mass is 276 g/mol. The molecule has 1 heterocycles. The number of carboxylic acids is 1. The molecule has 0 spiro atoms. The number of aromatic nitrogens is 2. The fourth-order valence-electron chi connectivity index (χ4n) is 1.98. The molecule has 2 rings (SSSR count). The number of rotatable bonds is 3. The molecule has 0 aliphatic rings. The maximum absolute atomic E-state index is 11.0. The van der Waals surface area contributed by atoms with Gasteiger partial charge in [-0.2, -0.15) is 5.10 Å². The van der Waals surface area contributed by atoms with Gasteiger partial charge in [0.15, 0.2) is 5.69 Å². The normalized spacial score (nSPS) is 10.7. The number of benzene rings is 1. The van der Waals surface area contributed by atoms with E-state index in [1.807, 2.05) is 6.26 Å². The summed E-state index contributed by atoms with van der Waals surface area (Å²) >= 11 is 1.65. The number of aryl methyl sites for hydroxylation is 3. The molecule has 1 aromatic carbocycles. The van der Waals surface area contributed by atoms with Crippen LogP contribution < -0.4 is 0 Å². The Bertz CT molecular complexity index is 647. The van der Waals surface area contributed by atoms with Crippen LogP contribution in [-0.4, -0.2) is 27.1 Å². The van der Waals surface area contributed by atoms with Gasteiger partial charge >= 0.3 is 5.97 Å². The highest BCUT2D eigenvalue weighted by Crippen LogP contribution is 2.32. The Morgan fingerprint density at radius 3 is 2.42 bits per heavy atom. The molecule has 0 atom stereocenters. The van der Waals surface area contributed by atoms with E-state index in [0.717, 1.165) is 16.2 Å². The van der Waals surface area contributed by atoms with Crippen molar-refractivity contribution in [1.29, 1.82) is 0 Å². The van der Waals surface area contributed by atoms with Crippen LogP contribution in [0.25, 0.3) is 11.3 Å². The molecule has 0 aliphatic heterocycles. The number of aromatic carboxylic acids is 1. The fourth-order valence-corrected chi connectivity index (χ4v) is 2.66. The van der Waals surface area contributed by atoms with Gasteiger partial charge in [-0.05, 0) is 49.4 Å². The highest BCUT2D eigenvalue weighted by atomic mass is 32.2. The van der Waals surface area contributed by atoms with E-state index in [0.29, 0.717) is 0 Å². The highest BCUT2D eigenvalue weighted by Gasteiger charge is 2.15. The quantitative estimate of drug-likeness (QED) is 0.875. The van der Waals surface area contributed by atoms with Crippen molar-refractivity contribution >= 4 is 17.7 Å². The molecule has 19 heavy (non-hydrogen) atoms. The summed E-state index contributed by atoms with van der Waals surface area (Å²) in [6.07, 6.45) is 2.02. The van der Waals surface area contributed by atoms with Gasteiger partial charge < -0.3 is 5.11 Å². The van der Waals surface area contributed by atoms with Gasteiger partial charge in [-0.15, -0.1) is 11.8 Å². The molecule has 0 radical (unpaired) electrons. The minimum atomic E-state index is -1.00. The van der Waals surface area contributed by atoms with Gasteiger partial charge in [0, 0.05) is 17.5 Å². The third-order valence-electron chi connectivity index (χ3n) is 3.19. The summed E-state index contributed by atoms with van der Waals surface area (Å²) in [5.41, 5.74) is 4.34. The van der Waals surface area contributed by atoms with Crippen LogP contribution in [0.15, 0.2) is 23.1 Å². The molecule has 2 aromatic rings. The number of carboxylic acid groups (broad SMARTS) is 1. The third-order valence-corrected chi connectivity index (χ3v) is 3.97. The molecule has 0 saturated carbocycles. The van der Waals surface area contributed by atoms with Crippen molar-refractivity contribution in [3.05, 3.63) is 35.0 Å². The van der Waals surface area contributed by atoms with Crippen LogP contribution in [0.2, 0.25) is 0 Å². The molecule has 100 valence electrons. The lowest BCUT2D eigenvalue weighted by molar-refractivity contribution is 0.0689. The SMILES string of the molecule is CSc1cc(C)c(C)cc1-c1cc(C(=O)O)nn1C. The van der Waals surface area contributed by atoms with Crippen LogP contribution >= 0.6 is 11.8 Å². The molecule has 4 nitrogen and oxygen atoms in total. The van der Waals surface area contributed by atoms with Gasteiger partial charge in [-0.1, -0.05) is 0 Å². The van der Waals surface area contributed by atoms with Crippen molar-refractivity contribution in [2.45, 2.75) is 18.7 Å². The molecule has 0 aliphatic carbocycles. The molecule has 1 N–H and O–H groups in total. The first-order chi connectivity index (χ1) is 8.93. The maximum Gasteiger partial charge on any atom is 0.356 e. The summed E-state index contributed by atoms with van der Waals surface area (Å²) in [6, 6.07) is 5.83. The van der Waals surface area contributed by atoms with E-state index in [1.165, 1.54) is 11.1 Å². The fraction of sp³-hybridized carbons (Fsp3) is 0.286. The second-order valence-electron chi connectivity index (χ2n) is 4.48. The predicted molar refractivity (Wildman–Crippen MR) is 76.9 cm³/mol. The van der Waals surface area contributed by atoms with Crippen molar-refractivity contribution < 1.29 is 9.90 Å². The Morgan fingerprint density at radius 1 is 1.26 bits per heavy atom. The van der Waals surface area contributed by atoms with E-state index in [2.05, 4.69) is 31.1 Å². The van der Waals surface area contributed by atoms with Crippen molar-refractivity contribution in [1.82, 2.24) is 9.78 Å². The summed E-state index contributed by atoms with van der Waals surface area (Å²) in [5.74, 6) is -1.00. The van der Waals surface area contributed by atoms with E-state index < -0.39 is 5.97 Å². The first-order valence-electron chi connectivity index (χ1n) is 5.87. The van der Waals surface area contributed by atoms with E-state index in [1.54, 1.807) is 29.6 Å². The second-order valence-corrected chi connectivity index (χ2v) is 5.33. The van der Waals surface area contributed by atoms with Gasteiger partial charge in [0.25, 0.3) is 0 Å². The Balaban J connectivity index is 2.64. The van der Waals surface area contributed by atoms with Gasteiger partial charge in [0.2, 0.25) is 0 Å². The summed E-state index contributed by atoms with van der Waals surface area (Å²) in [6.45, 7) is 4.13. The minimum Gasteiger partial charge on any atom is -0.476 e. The van der Waals surface area contributed by atoms with Crippen LogP contribution in [0.3, 0.4) is 0 Å². The first-order valence-corrected chi connectivity index (χ1v) is 7.09. The van der Waals surface area contributed by atoms with Crippen LogP contribution in [0.5, 0.6) is 0 Å². The van der Waals surface area contributed by atoms with E-state index >= 15 is 0 Å². The van der Waals surface area contributed by atoms with Crippen LogP contribution in [0.1, 0.15) is 21.6 Å². The van der Waals surface area contributed by atoms with E-state index in [4.69, 9.17) is 5.11 Å². The standard InChI is InChI=1S/C14H16N2O2S/c1-8-5-10(13(19-4)6-9(8)2)12-7-11(14(17)18)15-16(12)3/h5-7H,1-4H3,(H,17,18). The molecule has 1 aromatic heterocycles. The zero-order valence-electron chi connectivity index (χ0n) is 11.4. The first kappa shape index (κ1) is 13.7. The van der Waals surface area contributed by atoms with E-state index in [9.17, 15) is 4.79 Å². The highest BCUT2D eigenvalue weighted by molar-refractivity contribution is 7.98. The van der Waals surface area contributed by atoms with Crippen LogP contribution in [-0.2, 0) is 7.05 Å². The molecule has 0 fully saturated rings. The number of carbonyl (C=O) groups is 1. The topological polar surface area (TPSA) is 55.1 Å². The van der Waals surface area contributed by atoms with Gasteiger partial charge in [0.1, 0.15) is 0 Å². The number of nitrogens with zero attached hydrogens (tertiary/aromatic N) is 2. The number of hydrogen-bond acceptors (Lipinski definition) is 3. The zero-order chi connectivity index (χ0) is 14.2. The summed E-state index contributed by atoms with van der Waals surface area (Å²) < 4.78 is 1.62. The second kappa shape index (κ2) is 5.09. The van der Waals surface area contributed by atoms with Crippen LogP contribution in [0, 0.1) is 13.8 Å². The van der Waals surface area contributed by atoms with Gasteiger partial charge in [-0.25, -0.2) is 4.79 Å². The molecular weight excluding hydrogens is 260 g/mol. The minimum absolute atomic E-state index is 0.0720. The molecule has 0 unspecified atom stereocenters. The Hall–Kier alpha value is -1.75. The average Bonchev–Trinajstić information content (AvgIpc) is 2.74. The molecule has 0 bridgehead atoms. The lowest BCUT2D eigenvalue weighted by atomic mass is 10.0. The lowest BCUT2D eigenvalue weighted by Gasteiger charge is -2.11. The van der Waals surface area contributed by atoms with E-state index in [-0.39, 0.29) is 5.69 Å². The van der Waals surface area contributed by atoms with Crippen molar-refractivity contribution in [2.24, 2.45) is 7.05 Å². The number of thioether (sulfide) groups is 1. The zero-order valence-corrected chi connectivity index (χ0v) is 12.2. The Morgan fingerprint density at radius 2 is 1.89 bits per heavy atom. The van der Waals surface area contributed by atoms with Gasteiger partial charge in [0.05, 0.1) is 5.69 Å². The molecule has 0 amide bonds. The summed E-state index contributed by atoms with van der Waals surface area (Å²) in [4.78, 5) is 12.1. The summed E-state index contributed by atoms with van der Waals surface area (Å²) in [7, 11) is 1.76. The average molecular weight is 276 g/mol. The maximum atomic E-state index is 11.0. The largest absolute Gasteiger partial charge is 0.476 e. The lowest BCUT2D eigenvalue weighted by Crippen LogP contribution is -1.99. The molecular formula is C14H16N2O2S. The Kier molecular flexibility index (Phi) is 3.66. The number of hydrogen-bond donors (Lipinski definition) is 1. The van der Waals surface area contributed by atoms with Crippen molar-refractivity contribution in [3.63, 3.8) is 0 Å². The molecule has 0 saturated heterocycles. The van der Waals surface area contributed by atoms with Crippen molar-refractivity contribution in [3.8, 4) is 11.3 Å². The third kappa shape index (κ3) is 2.51. The molecule has 5 heteroatoms. The predicted octanol–water partition coefficient (Wildman–Crippen LogP) is 3.12. The smallest absolute Gasteiger partial charge is 0.356 e. The summed E-state index contributed by atoms with van der Waals surface area (Å²) in [5, 5.41) is 13.0. The van der Waals surface area contributed by atoms with Crippen molar-refractivity contribution in [2.75, 3.05) is 6.26 Å². The Labute approximate surface area is 116 Å². The van der Waals surface area contributed by atoms with Crippen LogP contribution in [0.4, 0.5) is 0 Å².